The van der Waals surface area contributed by atoms with Crippen LogP contribution in [0.15, 0.2) is 41.0 Å². The Balaban J connectivity index is 1.71. The predicted molar refractivity (Wildman–Crippen MR) is 124 cm³/mol. The van der Waals surface area contributed by atoms with Crippen LogP contribution in [-0.2, 0) is 13.1 Å². The first kappa shape index (κ1) is 23.0. The minimum Gasteiger partial charge on any atom is -0.467 e. The van der Waals surface area contributed by atoms with Crippen molar-refractivity contribution in [1.82, 2.24) is 14.8 Å². The van der Waals surface area contributed by atoms with Crippen LogP contribution in [0.3, 0.4) is 0 Å². The number of hydrogen-bond donors (Lipinski definition) is 1. The van der Waals surface area contributed by atoms with E-state index in [9.17, 15) is 13.6 Å². The van der Waals surface area contributed by atoms with E-state index in [1.807, 2.05) is 13.8 Å². The third-order valence-corrected chi connectivity index (χ3v) is 6.46. The first-order valence-corrected chi connectivity index (χ1v) is 11.3. The van der Waals surface area contributed by atoms with Gasteiger partial charge in [-0.05, 0) is 44.7 Å². The average molecular weight is 457 g/mol. The molecule has 2 aromatic heterocycles. The molecule has 4 rings (SSSR count). The minimum absolute atomic E-state index is 0.0574. The van der Waals surface area contributed by atoms with E-state index in [4.69, 9.17) is 4.42 Å². The molecule has 3 aromatic rings. The molecule has 0 unspecified atom stereocenters. The maximum absolute atomic E-state index is 14.5. The smallest absolute Gasteiger partial charge is 0.268 e. The number of anilines is 1. The quantitative estimate of drug-likeness (QED) is 0.582. The van der Waals surface area contributed by atoms with Crippen molar-refractivity contribution in [2.45, 2.75) is 33.9 Å². The van der Waals surface area contributed by atoms with Crippen LogP contribution in [0, 0.1) is 25.5 Å². The van der Waals surface area contributed by atoms with E-state index >= 15 is 0 Å². The van der Waals surface area contributed by atoms with Gasteiger partial charge in [0.25, 0.3) is 5.91 Å². The summed E-state index contributed by atoms with van der Waals surface area (Å²) in [4.78, 5) is 18.0. The fourth-order valence-electron chi connectivity index (χ4n) is 4.63. The number of benzene rings is 1. The SMILES string of the molecule is CCN1CCN(c2c(C)c(C(=O)NCc3ccco3)n(Cc3c(F)cccc3F)c2C)CC1. The number of halogens is 2. The zero-order chi connectivity index (χ0) is 23.5. The van der Waals surface area contributed by atoms with Gasteiger partial charge in [0.2, 0.25) is 0 Å². The molecule has 1 aliphatic rings. The molecular weight excluding hydrogens is 426 g/mol. The Bertz CT molecular complexity index is 1100. The number of carbonyl (C=O) groups excluding carboxylic acids is 1. The summed E-state index contributed by atoms with van der Waals surface area (Å²) in [5.41, 5.74) is 2.95. The molecule has 1 N–H and O–H groups in total. The number of carbonyl (C=O) groups is 1. The van der Waals surface area contributed by atoms with E-state index in [0.29, 0.717) is 11.5 Å². The van der Waals surface area contributed by atoms with Gasteiger partial charge in [0.1, 0.15) is 23.1 Å². The average Bonchev–Trinajstić information content (AvgIpc) is 3.41. The highest BCUT2D eigenvalue weighted by Gasteiger charge is 2.28. The largest absolute Gasteiger partial charge is 0.467 e. The molecule has 1 amide bonds. The lowest BCUT2D eigenvalue weighted by Crippen LogP contribution is -2.46. The van der Waals surface area contributed by atoms with E-state index in [0.717, 1.165) is 49.7 Å². The van der Waals surface area contributed by atoms with Gasteiger partial charge in [-0.1, -0.05) is 13.0 Å². The Morgan fingerprint density at radius 2 is 1.76 bits per heavy atom. The van der Waals surface area contributed by atoms with Gasteiger partial charge in [0, 0.05) is 43.0 Å². The number of furan rings is 1. The molecule has 3 heterocycles. The van der Waals surface area contributed by atoms with E-state index in [2.05, 4.69) is 22.0 Å². The molecule has 176 valence electrons. The fraction of sp³-hybridized carbons (Fsp3) is 0.400. The Morgan fingerprint density at radius 1 is 1.06 bits per heavy atom. The second-order valence-corrected chi connectivity index (χ2v) is 8.38. The monoisotopic (exact) mass is 456 g/mol. The first-order valence-electron chi connectivity index (χ1n) is 11.3. The Morgan fingerprint density at radius 3 is 2.36 bits per heavy atom. The van der Waals surface area contributed by atoms with Crippen molar-refractivity contribution in [3.05, 3.63) is 76.5 Å². The summed E-state index contributed by atoms with van der Waals surface area (Å²) in [5, 5.41) is 2.89. The van der Waals surface area contributed by atoms with Crippen LogP contribution in [-0.4, -0.2) is 48.1 Å². The zero-order valence-corrected chi connectivity index (χ0v) is 19.3. The van der Waals surface area contributed by atoms with Gasteiger partial charge in [-0.3, -0.25) is 4.79 Å². The molecule has 0 saturated carbocycles. The first-order chi connectivity index (χ1) is 15.9. The molecule has 0 aliphatic carbocycles. The molecule has 0 bridgehead atoms. The predicted octanol–water partition coefficient (Wildman–Crippen LogP) is 4.10. The Hall–Kier alpha value is -3.13. The number of amides is 1. The highest BCUT2D eigenvalue weighted by Crippen LogP contribution is 2.33. The van der Waals surface area contributed by atoms with Crippen LogP contribution in [0.5, 0.6) is 0 Å². The standard InChI is InChI=1S/C25H30F2N4O2/c1-4-29-10-12-30(13-11-29)23-17(2)24(25(32)28-15-19-7-6-14-33-19)31(18(23)3)16-20-21(26)8-5-9-22(20)27/h5-9,14H,4,10-13,15-16H2,1-3H3,(H,28,32). The molecule has 0 radical (unpaired) electrons. The molecule has 8 heteroatoms. The summed E-state index contributed by atoms with van der Waals surface area (Å²) in [6.07, 6.45) is 1.55. The van der Waals surface area contributed by atoms with Gasteiger partial charge in [0.05, 0.1) is 25.0 Å². The Kier molecular flexibility index (Phi) is 6.83. The molecule has 6 nitrogen and oxygen atoms in total. The van der Waals surface area contributed by atoms with E-state index < -0.39 is 11.6 Å². The maximum Gasteiger partial charge on any atom is 0.268 e. The Labute approximate surface area is 192 Å². The number of aromatic nitrogens is 1. The van der Waals surface area contributed by atoms with E-state index in [-0.39, 0.29) is 24.6 Å². The zero-order valence-electron chi connectivity index (χ0n) is 19.3. The lowest BCUT2D eigenvalue weighted by atomic mass is 10.1. The van der Waals surface area contributed by atoms with Crippen molar-refractivity contribution in [2.24, 2.45) is 0 Å². The van der Waals surface area contributed by atoms with Gasteiger partial charge in [-0.25, -0.2) is 8.78 Å². The van der Waals surface area contributed by atoms with Crippen molar-refractivity contribution in [3.63, 3.8) is 0 Å². The second-order valence-electron chi connectivity index (χ2n) is 8.38. The topological polar surface area (TPSA) is 53.6 Å². The lowest BCUT2D eigenvalue weighted by Gasteiger charge is -2.36. The van der Waals surface area contributed by atoms with E-state index in [1.54, 1.807) is 23.0 Å². The molecule has 1 fully saturated rings. The van der Waals surface area contributed by atoms with Crippen LogP contribution < -0.4 is 10.2 Å². The summed E-state index contributed by atoms with van der Waals surface area (Å²) < 4.78 is 36.0. The van der Waals surface area contributed by atoms with Gasteiger partial charge in [-0.2, -0.15) is 0 Å². The summed E-state index contributed by atoms with van der Waals surface area (Å²) >= 11 is 0. The number of likely N-dealkylation sites (N-methyl/N-ethyl adjacent to an activating group) is 1. The van der Waals surface area contributed by atoms with Gasteiger partial charge in [0.15, 0.2) is 0 Å². The summed E-state index contributed by atoms with van der Waals surface area (Å²) in [6.45, 7) is 10.7. The van der Waals surface area contributed by atoms with Gasteiger partial charge >= 0.3 is 0 Å². The molecule has 1 aliphatic heterocycles. The second kappa shape index (κ2) is 9.79. The van der Waals surface area contributed by atoms with Gasteiger partial charge in [-0.15, -0.1) is 0 Å². The molecule has 0 atom stereocenters. The van der Waals surface area contributed by atoms with Crippen molar-refractivity contribution >= 4 is 11.6 Å². The highest BCUT2D eigenvalue weighted by atomic mass is 19.1. The van der Waals surface area contributed by atoms with E-state index in [1.165, 1.54) is 18.2 Å². The van der Waals surface area contributed by atoms with Crippen LogP contribution >= 0.6 is 0 Å². The van der Waals surface area contributed by atoms with Crippen LogP contribution in [0.1, 0.15) is 40.0 Å². The summed E-state index contributed by atoms with van der Waals surface area (Å²) in [5.74, 6) is -0.921. The number of piperazine rings is 1. The number of hydrogen-bond acceptors (Lipinski definition) is 4. The lowest BCUT2D eigenvalue weighted by molar-refractivity contribution is 0.0938. The van der Waals surface area contributed by atoms with Crippen molar-refractivity contribution in [2.75, 3.05) is 37.6 Å². The molecule has 0 spiro atoms. The normalized spacial score (nSPS) is 14.6. The third kappa shape index (κ3) is 4.66. The number of rotatable bonds is 7. The van der Waals surface area contributed by atoms with Crippen molar-refractivity contribution in [1.29, 1.82) is 0 Å². The van der Waals surface area contributed by atoms with Crippen molar-refractivity contribution in [3.8, 4) is 0 Å². The number of nitrogens with one attached hydrogen (secondary N) is 1. The number of nitrogens with zero attached hydrogens (tertiary/aromatic N) is 3. The van der Waals surface area contributed by atoms with Crippen LogP contribution in [0.25, 0.3) is 0 Å². The summed E-state index contributed by atoms with van der Waals surface area (Å²) in [6, 6.07) is 7.37. The van der Waals surface area contributed by atoms with Crippen molar-refractivity contribution < 1.29 is 18.0 Å². The highest BCUT2D eigenvalue weighted by molar-refractivity contribution is 5.96. The maximum atomic E-state index is 14.5. The fourth-order valence-corrected chi connectivity index (χ4v) is 4.63. The van der Waals surface area contributed by atoms with Crippen LogP contribution in [0.4, 0.5) is 14.5 Å². The molecule has 1 saturated heterocycles. The molecular formula is C25H30F2N4O2. The molecule has 33 heavy (non-hydrogen) atoms. The third-order valence-electron chi connectivity index (χ3n) is 6.46. The molecule has 1 aromatic carbocycles. The van der Waals surface area contributed by atoms with Gasteiger partial charge < -0.3 is 24.1 Å². The van der Waals surface area contributed by atoms with Crippen LogP contribution in [0.2, 0.25) is 0 Å². The minimum atomic E-state index is -0.624. The summed E-state index contributed by atoms with van der Waals surface area (Å²) in [7, 11) is 0.